The zero-order valence-electron chi connectivity index (χ0n) is 14.4. The molecule has 4 N–H and O–H groups in total. The van der Waals surface area contributed by atoms with E-state index in [1.165, 1.54) is 6.20 Å². The average molecular weight is 428 g/mol. The van der Waals surface area contributed by atoms with E-state index in [1.54, 1.807) is 6.07 Å². The van der Waals surface area contributed by atoms with Crippen molar-refractivity contribution in [3.05, 3.63) is 37.7 Å². The molecule has 0 bridgehead atoms. The lowest BCUT2D eigenvalue weighted by Crippen LogP contribution is -2.48. The highest BCUT2D eigenvalue weighted by molar-refractivity contribution is 6.43. The first-order valence-electron chi connectivity index (χ1n) is 8.42. The third-order valence-electron chi connectivity index (χ3n) is 4.98. The van der Waals surface area contributed by atoms with Crippen molar-refractivity contribution in [2.24, 2.45) is 5.73 Å². The summed E-state index contributed by atoms with van der Waals surface area (Å²) < 4.78 is 0. The van der Waals surface area contributed by atoms with Crippen LogP contribution < -0.4 is 16.1 Å². The number of pyridine rings is 2. The van der Waals surface area contributed by atoms with Crippen LogP contribution >= 0.6 is 34.8 Å². The molecule has 27 heavy (non-hydrogen) atoms. The van der Waals surface area contributed by atoms with E-state index in [1.807, 2.05) is 11.8 Å². The van der Waals surface area contributed by atoms with Gasteiger partial charge in [-0.3, -0.25) is 9.89 Å². The van der Waals surface area contributed by atoms with Gasteiger partial charge in [-0.1, -0.05) is 34.8 Å². The summed E-state index contributed by atoms with van der Waals surface area (Å²) in [7, 11) is 0. The number of rotatable bonds is 2. The minimum Gasteiger partial charge on any atom is -0.357 e. The van der Waals surface area contributed by atoms with Crippen molar-refractivity contribution in [1.29, 1.82) is 0 Å². The maximum atomic E-state index is 13.0. The lowest BCUT2D eigenvalue weighted by molar-refractivity contribution is 0.363. The fourth-order valence-corrected chi connectivity index (χ4v) is 3.93. The van der Waals surface area contributed by atoms with E-state index in [0.717, 1.165) is 12.8 Å². The van der Waals surface area contributed by atoms with E-state index in [4.69, 9.17) is 40.5 Å². The van der Waals surface area contributed by atoms with Crippen LogP contribution in [0.4, 0.5) is 5.82 Å². The van der Waals surface area contributed by atoms with Crippen LogP contribution in [0.15, 0.2) is 17.1 Å². The minimum atomic E-state index is -0.325. The van der Waals surface area contributed by atoms with Gasteiger partial charge in [-0.15, -0.1) is 0 Å². The number of fused-ring (bicyclic) bond motifs is 1. The van der Waals surface area contributed by atoms with E-state index in [0.29, 0.717) is 41.2 Å². The highest BCUT2D eigenvalue weighted by Crippen LogP contribution is 2.35. The van der Waals surface area contributed by atoms with Gasteiger partial charge in [0.15, 0.2) is 5.65 Å². The molecule has 0 radical (unpaired) electrons. The van der Waals surface area contributed by atoms with Crippen molar-refractivity contribution in [3.63, 3.8) is 0 Å². The molecule has 4 heterocycles. The number of hydrogen-bond acceptors (Lipinski definition) is 5. The van der Waals surface area contributed by atoms with Gasteiger partial charge in [-0.05, 0) is 25.8 Å². The zero-order chi connectivity index (χ0) is 19.3. The summed E-state index contributed by atoms with van der Waals surface area (Å²) in [4.78, 5) is 22.1. The Hall–Kier alpha value is -1.80. The molecule has 4 rings (SSSR count). The first-order chi connectivity index (χ1) is 12.8. The Balaban J connectivity index is 1.83. The molecule has 10 heteroatoms. The lowest BCUT2D eigenvalue weighted by atomic mass is 9.91. The Morgan fingerprint density at radius 2 is 1.93 bits per heavy atom. The molecule has 3 aromatic heterocycles. The van der Waals surface area contributed by atoms with E-state index >= 15 is 0 Å². The summed E-state index contributed by atoms with van der Waals surface area (Å²) >= 11 is 18.7. The van der Waals surface area contributed by atoms with Gasteiger partial charge in [0.2, 0.25) is 5.43 Å². The Kier molecular flexibility index (Phi) is 4.58. The van der Waals surface area contributed by atoms with Gasteiger partial charge < -0.3 is 15.6 Å². The fraction of sp³-hybridized carbons (Fsp3) is 0.353. The number of aromatic nitrogens is 4. The van der Waals surface area contributed by atoms with Crippen molar-refractivity contribution in [3.8, 4) is 11.3 Å². The summed E-state index contributed by atoms with van der Waals surface area (Å²) in [5.41, 5.74) is 7.05. The van der Waals surface area contributed by atoms with Gasteiger partial charge in [-0.2, -0.15) is 5.10 Å². The van der Waals surface area contributed by atoms with Crippen LogP contribution in [0, 0.1) is 0 Å². The third kappa shape index (κ3) is 3.18. The number of nitrogens with one attached hydrogen (secondary N) is 2. The van der Waals surface area contributed by atoms with Crippen molar-refractivity contribution in [2.75, 3.05) is 18.0 Å². The van der Waals surface area contributed by atoms with Crippen molar-refractivity contribution in [2.45, 2.75) is 25.3 Å². The number of nitrogens with zero attached hydrogens (tertiary/aromatic N) is 3. The second-order valence-corrected chi connectivity index (χ2v) is 8.16. The summed E-state index contributed by atoms with van der Waals surface area (Å²) in [6.45, 7) is 3.44. The topological polar surface area (TPSA) is 104 Å². The molecular weight excluding hydrogens is 411 g/mol. The Labute approximate surface area is 169 Å². The molecule has 1 aliphatic heterocycles. The molecule has 142 valence electrons. The quantitative estimate of drug-likeness (QED) is 0.542. The molecule has 0 amide bonds. The zero-order valence-corrected chi connectivity index (χ0v) is 16.7. The second kappa shape index (κ2) is 6.67. The average Bonchev–Trinajstić information content (AvgIpc) is 3.04. The Morgan fingerprint density at radius 3 is 2.63 bits per heavy atom. The molecule has 0 unspecified atom stereocenters. The molecule has 3 aromatic rings. The summed E-state index contributed by atoms with van der Waals surface area (Å²) in [5.74, 6) is 0.557. The van der Waals surface area contributed by atoms with Crippen LogP contribution in [0.5, 0.6) is 0 Å². The maximum absolute atomic E-state index is 13.0. The van der Waals surface area contributed by atoms with Crippen molar-refractivity contribution in [1.82, 2.24) is 20.2 Å². The number of halogens is 3. The highest BCUT2D eigenvalue weighted by Gasteiger charge is 2.29. The van der Waals surface area contributed by atoms with Crippen LogP contribution in [-0.4, -0.2) is 38.8 Å². The highest BCUT2D eigenvalue weighted by atomic mass is 35.5. The van der Waals surface area contributed by atoms with Gasteiger partial charge in [0.25, 0.3) is 0 Å². The first kappa shape index (κ1) is 18.6. The smallest absolute Gasteiger partial charge is 0.214 e. The third-order valence-corrected chi connectivity index (χ3v) is 6.09. The molecular formula is C17H17Cl3N6O. The van der Waals surface area contributed by atoms with Gasteiger partial charge >= 0.3 is 0 Å². The minimum absolute atomic E-state index is 0.113. The largest absolute Gasteiger partial charge is 0.357 e. The number of H-pyrrole nitrogens is 2. The summed E-state index contributed by atoms with van der Waals surface area (Å²) in [6, 6.07) is 1.66. The molecule has 7 nitrogen and oxygen atoms in total. The van der Waals surface area contributed by atoms with Gasteiger partial charge in [-0.25, -0.2) is 4.98 Å². The van der Waals surface area contributed by atoms with Gasteiger partial charge in [0.1, 0.15) is 16.0 Å². The number of nitrogens with two attached hydrogens (primary N) is 1. The van der Waals surface area contributed by atoms with Crippen LogP contribution in [0.25, 0.3) is 22.3 Å². The second-order valence-electron chi connectivity index (χ2n) is 7.04. The SMILES string of the molecule is CC1(N)CCN(c2[nH]c3n[nH]c(-c4ccnc(Cl)c4Cl)c3c(=O)c2Cl)CC1. The van der Waals surface area contributed by atoms with Gasteiger partial charge in [0, 0.05) is 30.4 Å². The number of piperidine rings is 1. The van der Waals surface area contributed by atoms with Crippen molar-refractivity contribution >= 4 is 51.7 Å². The molecule has 1 aliphatic rings. The monoisotopic (exact) mass is 426 g/mol. The van der Waals surface area contributed by atoms with E-state index < -0.39 is 0 Å². The Bertz CT molecular complexity index is 1080. The lowest BCUT2D eigenvalue weighted by Gasteiger charge is -2.37. The number of aromatic amines is 2. The van der Waals surface area contributed by atoms with E-state index in [-0.39, 0.29) is 26.2 Å². The van der Waals surface area contributed by atoms with Crippen LogP contribution in [0.1, 0.15) is 19.8 Å². The number of anilines is 1. The predicted octanol–water partition coefficient (Wildman–Crippen LogP) is 3.59. The Morgan fingerprint density at radius 1 is 1.22 bits per heavy atom. The molecule has 1 saturated heterocycles. The maximum Gasteiger partial charge on any atom is 0.214 e. The summed E-state index contributed by atoms with van der Waals surface area (Å²) in [6.07, 6.45) is 3.12. The van der Waals surface area contributed by atoms with Crippen LogP contribution in [0.2, 0.25) is 15.2 Å². The molecule has 1 fully saturated rings. The van der Waals surface area contributed by atoms with E-state index in [9.17, 15) is 4.79 Å². The van der Waals surface area contributed by atoms with Crippen molar-refractivity contribution < 1.29 is 0 Å². The summed E-state index contributed by atoms with van der Waals surface area (Å²) in [5, 5.41) is 7.93. The number of hydrogen-bond donors (Lipinski definition) is 3. The van der Waals surface area contributed by atoms with E-state index in [2.05, 4.69) is 20.2 Å². The van der Waals surface area contributed by atoms with Gasteiger partial charge in [0.05, 0.1) is 16.1 Å². The van der Waals surface area contributed by atoms with Crippen LogP contribution in [0.3, 0.4) is 0 Å². The molecule has 0 aliphatic carbocycles. The normalized spacial score (nSPS) is 16.9. The first-order valence-corrected chi connectivity index (χ1v) is 9.56. The predicted molar refractivity (Wildman–Crippen MR) is 109 cm³/mol. The molecule has 0 saturated carbocycles. The standard InChI is InChI=1S/C17H17Cl3N6O/c1-17(21)3-6-26(7-4-17)16-11(19)13(27)9-12(24-25-15(9)23-16)8-2-5-22-14(20)10(8)18/h2,5H,3-4,6-7,21H2,1H3,(H2,23,24,25,27). The fourth-order valence-electron chi connectivity index (χ4n) is 3.30. The molecule has 0 aromatic carbocycles. The molecule has 0 spiro atoms. The molecule has 0 atom stereocenters. The van der Waals surface area contributed by atoms with Crippen LogP contribution in [-0.2, 0) is 0 Å².